The standard InChI is InChI=1S/C16H24N2O/c1-4-12-15-13(9-16(2,3)10-14(15)19)18(17-12)11-7-5-6-8-11/h11H,4-10H2,1-3H3. The van der Waals surface area contributed by atoms with Gasteiger partial charge in [0.25, 0.3) is 0 Å². The van der Waals surface area contributed by atoms with Gasteiger partial charge in [0.1, 0.15) is 0 Å². The number of fused-ring (bicyclic) bond motifs is 1. The van der Waals surface area contributed by atoms with E-state index in [1.807, 2.05) is 0 Å². The monoisotopic (exact) mass is 260 g/mol. The van der Waals surface area contributed by atoms with Crippen LogP contribution in [0.3, 0.4) is 0 Å². The molecule has 0 aromatic carbocycles. The summed E-state index contributed by atoms with van der Waals surface area (Å²) in [5, 5.41) is 4.80. The van der Waals surface area contributed by atoms with Gasteiger partial charge in [-0.3, -0.25) is 9.48 Å². The highest BCUT2D eigenvalue weighted by atomic mass is 16.1. The van der Waals surface area contributed by atoms with E-state index in [0.29, 0.717) is 18.2 Å². The summed E-state index contributed by atoms with van der Waals surface area (Å²) in [6, 6.07) is 0.538. The van der Waals surface area contributed by atoms with Crippen molar-refractivity contribution in [3.63, 3.8) is 0 Å². The first-order chi connectivity index (χ1) is 9.02. The molecule has 2 aliphatic carbocycles. The molecule has 0 atom stereocenters. The Kier molecular flexibility index (Phi) is 3.03. The van der Waals surface area contributed by atoms with Gasteiger partial charge in [-0.25, -0.2) is 0 Å². The van der Waals surface area contributed by atoms with Gasteiger partial charge in [0.2, 0.25) is 0 Å². The maximum atomic E-state index is 12.5. The highest BCUT2D eigenvalue weighted by Gasteiger charge is 2.37. The van der Waals surface area contributed by atoms with Gasteiger partial charge in [-0.1, -0.05) is 33.6 Å². The van der Waals surface area contributed by atoms with E-state index in [2.05, 4.69) is 25.5 Å². The van der Waals surface area contributed by atoms with Crippen molar-refractivity contribution in [3.8, 4) is 0 Å². The summed E-state index contributed by atoms with van der Waals surface area (Å²) in [6.07, 6.45) is 7.60. The lowest BCUT2D eigenvalue weighted by atomic mass is 9.75. The molecule has 1 fully saturated rings. The molecule has 1 aromatic heterocycles. The summed E-state index contributed by atoms with van der Waals surface area (Å²) in [5.74, 6) is 0.312. The van der Waals surface area contributed by atoms with Crippen LogP contribution in [0, 0.1) is 5.41 Å². The second-order valence-corrected chi connectivity index (χ2v) is 6.95. The second-order valence-electron chi connectivity index (χ2n) is 6.95. The quantitative estimate of drug-likeness (QED) is 0.812. The topological polar surface area (TPSA) is 34.9 Å². The Bertz CT molecular complexity index is 507. The molecule has 0 N–H and O–H groups in total. The van der Waals surface area contributed by atoms with Gasteiger partial charge in [0.15, 0.2) is 5.78 Å². The largest absolute Gasteiger partial charge is 0.294 e. The van der Waals surface area contributed by atoms with Crippen LogP contribution in [0.25, 0.3) is 0 Å². The lowest BCUT2D eigenvalue weighted by molar-refractivity contribution is 0.0908. The molecule has 19 heavy (non-hydrogen) atoms. The predicted octanol–water partition coefficient (Wildman–Crippen LogP) is 3.72. The number of nitrogens with zero attached hydrogens (tertiary/aromatic N) is 2. The van der Waals surface area contributed by atoms with Crippen molar-refractivity contribution in [2.75, 3.05) is 0 Å². The summed E-state index contributed by atoms with van der Waals surface area (Å²) in [4.78, 5) is 12.5. The van der Waals surface area contributed by atoms with Gasteiger partial charge in [-0.15, -0.1) is 0 Å². The third kappa shape index (κ3) is 2.13. The van der Waals surface area contributed by atoms with E-state index in [-0.39, 0.29) is 5.41 Å². The van der Waals surface area contributed by atoms with Gasteiger partial charge in [-0.05, 0) is 31.1 Å². The molecule has 3 nitrogen and oxygen atoms in total. The van der Waals surface area contributed by atoms with Crippen LogP contribution in [0.1, 0.15) is 80.7 Å². The Balaban J connectivity index is 2.09. The summed E-state index contributed by atoms with van der Waals surface area (Å²) < 4.78 is 2.22. The first-order valence-corrected chi connectivity index (χ1v) is 7.65. The molecule has 104 valence electrons. The van der Waals surface area contributed by atoms with Crippen LogP contribution >= 0.6 is 0 Å². The van der Waals surface area contributed by atoms with Crippen LogP contribution in [0.2, 0.25) is 0 Å². The molecular formula is C16H24N2O. The number of aryl methyl sites for hydroxylation is 1. The first-order valence-electron chi connectivity index (χ1n) is 7.65. The number of hydrogen-bond donors (Lipinski definition) is 0. The molecule has 0 saturated heterocycles. The van der Waals surface area contributed by atoms with E-state index in [1.165, 1.54) is 31.4 Å². The van der Waals surface area contributed by atoms with Crippen LogP contribution in [0.4, 0.5) is 0 Å². The lowest BCUT2D eigenvalue weighted by Gasteiger charge is -2.30. The van der Waals surface area contributed by atoms with Crippen molar-refractivity contribution in [2.45, 2.75) is 71.8 Å². The molecule has 1 aromatic rings. The molecule has 1 saturated carbocycles. The molecule has 0 spiro atoms. The summed E-state index contributed by atoms with van der Waals surface area (Å²) in [7, 11) is 0. The molecule has 3 heteroatoms. The van der Waals surface area contributed by atoms with Gasteiger partial charge < -0.3 is 0 Å². The Morgan fingerprint density at radius 2 is 1.95 bits per heavy atom. The number of rotatable bonds is 2. The molecule has 0 radical (unpaired) electrons. The van der Waals surface area contributed by atoms with Gasteiger partial charge in [-0.2, -0.15) is 5.10 Å². The van der Waals surface area contributed by atoms with Crippen molar-refractivity contribution in [3.05, 3.63) is 17.0 Å². The third-order valence-electron chi connectivity index (χ3n) is 4.65. The Morgan fingerprint density at radius 1 is 1.26 bits per heavy atom. The lowest BCUT2D eigenvalue weighted by Crippen LogP contribution is -2.29. The molecule has 0 unspecified atom stereocenters. The molecule has 1 heterocycles. The van der Waals surface area contributed by atoms with Crippen LogP contribution < -0.4 is 0 Å². The van der Waals surface area contributed by atoms with E-state index < -0.39 is 0 Å². The van der Waals surface area contributed by atoms with Gasteiger partial charge in [0.05, 0.1) is 23.0 Å². The van der Waals surface area contributed by atoms with Crippen LogP contribution in [-0.4, -0.2) is 15.6 Å². The second kappa shape index (κ2) is 4.46. The fourth-order valence-electron chi connectivity index (χ4n) is 3.75. The van der Waals surface area contributed by atoms with Crippen molar-refractivity contribution in [1.82, 2.24) is 9.78 Å². The Hall–Kier alpha value is -1.12. The molecule has 0 amide bonds. The fraction of sp³-hybridized carbons (Fsp3) is 0.750. The number of carbonyl (C=O) groups is 1. The number of ketones is 1. The third-order valence-corrected chi connectivity index (χ3v) is 4.65. The molecule has 2 aliphatic rings. The SMILES string of the molecule is CCc1nn(C2CCCC2)c2c1C(=O)CC(C)(C)C2. The van der Waals surface area contributed by atoms with E-state index in [1.54, 1.807) is 0 Å². The van der Waals surface area contributed by atoms with Crippen molar-refractivity contribution in [1.29, 1.82) is 0 Å². The van der Waals surface area contributed by atoms with Crippen LogP contribution in [0.5, 0.6) is 0 Å². The maximum Gasteiger partial charge on any atom is 0.167 e. The van der Waals surface area contributed by atoms with E-state index in [4.69, 9.17) is 5.10 Å². The van der Waals surface area contributed by atoms with E-state index in [0.717, 1.165) is 24.1 Å². The normalized spacial score (nSPS) is 22.8. The number of Topliss-reactive ketones (excluding diaryl/α,β-unsaturated/α-hetero) is 1. The van der Waals surface area contributed by atoms with Crippen molar-refractivity contribution >= 4 is 5.78 Å². The molecule has 0 aliphatic heterocycles. The number of aromatic nitrogens is 2. The zero-order valence-corrected chi connectivity index (χ0v) is 12.3. The van der Waals surface area contributed by atoms with Crippen LogP contribution in [0.15, 0.2) is 0 Å². The minimum absolute atomic E-state index is 0.0888. The molecule has 3 rings (SSSR count). The summed E-state index contributed by atoms with van der Waals surface area (Å²) in [6.45, 7) is 6.51. The van der Waals surface area contributed by atoms with Crippen molar-refractivity contribution in [2.24, 2.45) is 5.41 Å². The molecular weight excluding hydrogens is 236 g/mol. The minimum Gasteiger partial charge on any atom is -0.294 e. The Labute approximate surface area is 115 Å². The van der Waals surface area contributed by atoms with Crippen LogP contribution in [-0.2, 0) is 12.8 Å². The minimum atomic E-state index is 0.0888. The van der Waals surface area contributed by atoms with E-state index in [9.17, 15) is 4.79 Å². The van der Waals surface area contributed by atoms with Crippen molar-refractivity contribution < 1.29 is 4.79 Å². The maximum absolute atomic E-state index is 12.5. The molecule has 0 bridgehead atoms. The average molecular weight is 260 g/mol. The summed E-state index contributed by atoms with van der Waals surface area (Å²) in [5.41, 5.74) is 3.31. The number of hydrogen-bond acceptors (Lipinski definition) is 2. The van der Waals surface area contributed by atoms with Gasteiger partial charge in [0, 0.05) is 6.42 Å². The Morgan fingerprint density at radius 3 is 2.58 bits per heavy atom. The zero-order valence-electron chi connectivity index (χ0n) is 12.3. The predicted molar refractivity (Wildman–Crippen MR) is 75.5 cm³/mol. The average Bonchev–Trinajstić information content (AvgIpc) is 2.93. The number of carbonyl (C=O) groups excluding carboxylic acids is 1. The smallest absolute Gasteiger partial charge is 0.167 e. The fourth-order valence-corrected chi connectivity index (χ4v) is 3.75. The highest BCUT2D eigenvalue weighted by molar-refractivity contribution is 5.99. The van der Waals surface area contributed by atoms with Gasteiger partial charge >= 0.3 is 0 Å². The summed E-state index contributed by atoms with van der Waals surface area (Å²) >= 11 is 0. The highest BCUT2D eigenvalue weighted by Crippen LogP contribution is 2.39. The van der Waals surface area contributed by atoms with E-state index >= 15 is 0 Å². The zero-order chi connectivity index (χ0) is 13.6. The first kappa shape index (κ1) is 12.9.